The van der Waals surface area contributed by atoms with Crippen LogP contribution in [0.1, 0.15) is 26.3 Å². The average Bonchev–Trinajstić information content (AvgIpc) is 2.53. The third-order valence-corrected chi connectivity index (χ3v) is 3.08. The van der Waals surface area contributed by atoms with Gasteiger partial charge in [-0.3, -0.25) is 4.79 Å². The molecule has 0 atom stereocenters. The molecule has 0 saturated carbocycles. The van der Waals surface area contributed by atoms with Crippen molar-refractivity contribution < 1.29 is 24.5 Å². The van der Waals surface area contributed by atoms with Crippen molar-refractivity contribution in [3.63, 3.8) is 0 Å². The van der Waals surface area contributed by atoms with Gasteiger partial charge in [0.2, 0.25) is 0 Å². The molecular formula is C16H15NO5. The molecule has 3 N–H and O–H groups in total. The smallest absolute Gasteiger partial charge is 0.335 e. The van der Waals surface area contributed by atoms with E-state index in [9.17, 15) is 14.7 Å². The highest BCUT2D eigenvalue weighted by Gasteiger charge is 2.12. The van der Waals surface area contributed by atoms with E-state index in [-0.39, 0.29) is 23.4 Å². The van der Waals surface area contributed by atoms with Gasteiger partial charge in [-0.25, -0.2) is 4.79 Å². The van der Waals surface area contributed by atoms with Crippen LogP contribution in [0.4, 0.5) is 0 Å². The van der Waals surface area contributed by atoms with Crippen molar-refractivity contribution in [1.82, 2.24) is 5.32 Å². The Morgan fingerprint density at radius 1 is 1.18 bits per heavy atom. The largest absolute Gasteiger partial charge is 0.507 e. The number of methoxy groups -OCH3 is 1. The first-order valence-electron chi connectivity index (χ1n) is 6.48. The van der Waals surface area contributed by atoms with Gasteiger partial charge in [0.25, 0.3) is 5.91 Å². The fraction of sp³-hybridized carbons (Fsp3) is 0.125. The van der Waals surface area contributed by atoms with Gasteiger partial charge >= 0.3 is 5.97 Å². The van der Waals surface area contributed by atoms with Crippen molar-refractivity contribution in [1.29, 1.82) is 0 Å². The van der Waals surface area contributed by atoms with Crippen LogP contribution in [0.3, 0.4) is 0 Å². The van der Waals surface area contributed by atoms with E-state index in [1.807, 2.05) is 0 Å². The molecule has 6 heteroatoms. The highest BCUT2D eigenvalue weighted by molar-refractivity contribution is 5.97. The first-order valence-corrected chi connectivity index (χ1v) is 6.48. The maximum atomic E-state index is 12.1. The summed E-state index contributed by atoms with van der Waals surface area (Å²) in [5, 5.41) is 21.3. The summed E-state index contributed by atoms with van der Waals surface area (Å²) in [6.07, 6.45) is 0. The van der Waals surface area contributed by atoms with Crippen molar-refractivity contribution in [2.75, 3.05) is 7.11 Å². The number of amides is 1. The summed E-state index contributed by atoms with van der Waals surface area (Å²) >= 11 is 0. The molecule has 0 radical (unpaired) electrons. The maximum absolute atomic E-state index is 12.1. The molecule has 2 rings (SSSR count). The van der Waals surface area contributed by atoms with Crippen molar-refractivity contribution in [2.24, 2.45) is 0 Å². The normalized spacial score (nSPS) is 10.0. The molecule has 2 aromatic carbocycles. The summed E-state index contributed by atoms with van der Waals surface area (Å²) in [6.45, 7) is 0.149. The van der Waals surface area contributed by atoms with Crippen LogP contribution in [-0.4, -0.2) is 29.2 Å². The SMILES string of the molecule is COc1ccc(O)c(C(=O)NCc2cccc(C(=O)O)c2)c1. The number of aromatic carboxylic acids is 1. The molecule has 0 unspecified atom stereocenters. The molecule has 1 amide bonds. The van der Waals surface area contributed by atoms with E-state index in [1.54, 1.807) is 18.2 Å². The molecular weight excluding hydrogens is 286 g/mol. The lowest BCUT2D eigenvalue weighted by molar-refractivity contribution is 0.0696. The minimum atomic E-state index is -1.03. The zero-order valence-electron chi connectivity index (χ0n) is 11.9. The van der Waals surface area contributed by atoms with E-state index in [0.717, 1.165) is 0 Å². The Morgan fingerprint density at radius 3 is 2.64 bits per heavy atom. The Balaban J connectivity index is 2.10. The second-order valence-corrected chi connectivity index (χ2v) is 4.57. The standard InChI is InChI=1S/C16H15NO5/c1-22-12-5-6-14(18)13(8-12)15(19)17-9-10-3-2-4-11(7-10)16(20)21/h2-8,18H,9H2,1H3,(H,17,19)(H,20,21). The monoisotopic (exact) mass is 301 g/mol. The zero-order valence-corrected chi connectivity index (χ0v) is 11.9. The van der Waals surface area contributed by atoms with E-state index in [0.29, 0.717) is 11.3 Å². The Bertz CT molecular complexity index is 711. The van der Waals surface area contributed by atoms with Crippen LogP contribution in [-0.2, 0) is 6.54 Å². The number of ether oxygens (including phenoxy) is 1. The number of aromatic hydroxyl groups is 1. The highest BCUT2D eigenvalue weighted by Crippen LogP contribution is 2.22. The summed E-state index contributed by atoms with van der Waals surface area (Å²) in [7, 11) is 1.46. The lowest BCUT2D eigenvalue weighted by Gasteiger charge is -2.09. The van der Waals surface area contributed by atoms with E-state index in [4.69, 9.17) is 9.84 Å². The molecule has 0 aliphatic heterocycles. The lowest BCUT2D eigenvalue weighted by Crippen LogP contribution is -2.23. The highest BCUT2D eigenvalue weighted by atomic mass is 16.5. The number of carboxylic acids is 1. The Morgan fingerprint density at radius 2 is 1.95 bits per heavy atom. The minimum absolute atomic E-state index is 0.0914. The first-order chi connectivity index (χ1) is 10.5. The third-order valence-electron chi connectivity index (χ3n) is 3.08. The van der Waals surface area contributed by atoms with E-state index < -0.39 is 11.9 Å². The van der Waals surface area contributed by atoms with E-state index >= 15 is 0 Å². The van der Waals surface area contributed by atoms with Gasteiger partial charge in [-0.05, 0) is 35.9 Å². The van der Waals surface area contributed by atoms with E-state index in [2.05, 4.69) is 5.32 Å². The first kappa shape index (κ1) is 15.4. The molecule has 0 aliphatic rings. The van der Waals surface area contributed by atoms with Crippen molar-refractivity contribution in [3.05, 3.63) is 59.2 Å². The van der Waals surface area contributed by atoms with Crippen LogP contribution in [0.25, 0.3) is 0 Å². The minimum Gasteiger partial charge on any atom is -0.507 e. The predicted octanol–water partition coefficient (Wildman–Crippen LogP) is 2.03. The Hall–Kier alpha value is -3.02. The zero-order chi connectivity index (χ0) is 16.1. The van der Waals surface area contributed by atoms with Crippen LogP contribution in [0.15, 0.2) is 42.5 Å². The molecule has 2 aromatic rings. The molecule has 0 spiro atoms. The lowest BCUT2D eigenvalue weighted by atomic mass is 10.1. The number of carboxylic acid groups (broad SMARTS) is 1. The van der Waals surface area contributed by atoms with Gasteiger partial charge in [-0.2, -0.15) is 0 Å². The quantitative estimate of drug-likeness (QED) is 0.785. The maximum Gasteiger partial charge on any atom is 0.335 e. The summed E-state index contributed by atoms with van der Waals surface area (Å²) in [6, 6.07) is 10.6. The number of phenolic OH excluding ortho intramolecular Hbond substituents is 1. The van der Waals surface area contributed by atoms with Crippen LogP contribution >= 0.6 is 0 Å². The number of hydrogen-bond donors (Lipinski definition) is 3. The summed E-state index contributed by atoms with van der Waals surface area (Å²) in [5.41, 5.74) is 0.889. The van der Waals surface area contributed by atoms with E-state index in [1.165, 1.54) is 31.4 Å². The molecule has 0 fully saturated rings. The third kappa shape index (κ3) is 3.54. The molecule has 0 aliphatic carbocycles. The fourth-order valence-electron chi connectivity index (χ4n) is 1.92. The fourth-order valence-corrected chi connectivity index (χ4v) is 1.92. The van der Waals surface area contributed by atoms with Gasteiger partial charge < -0.3 is 20.3 Å². The van der Waals surface area contributed by atoms with Crippen molar-refractivity contribution in [2.45, 2.75) is 6.54 Å². The molecule has 0 aromatic heterocycles. The second-order valence-electron chi connectivity index (χ2n) is 4.57. The molecule has 0 heterocycles. The number of benzene rings is 2. The van der Waals surface area contributed by atoms with Crippen LogP contribution in [0, 0.1) is 0 Å². The summed E-state index contributed by atoms with van der Waals surface area (Å²) < 4.78 is 5.01. The summed E-state index contributed by atoms with van der Waals surface area (Å²) in [4.78, 5) is 23.0. The molecule has 0 saturated heterocycles. The number of nitrogens with one attached hydrogen (secondary N) is 1. The van der Waals surface area contributed by atoms with Crippen LogP contribution in [0.5, 0.6) is 11.5 Å². The Labute approximate surface area is 127 Å². The van der Waals surface area contributed by atoms with Gasteiger partial charge in [-0.15, -0.1) is 0 Å². The molecule has 22 heavy (non-hydrogen) atoms. The van der Waals surface area contributed by atoms with Gasteiger partial charge in [0.15, 0.2) is 0 Å². The number of rotatable bonds is 5. The number of phenols is 1. The second kappa shape index (κ2) is 6.62. The molecule has 6 nitrogen and oxygen atoms in total. The van der Waals surface area contributed by atoms with Crippen molar-refractivity contribution in [3.8, 4) is 11.5 Å². The van der Waals surface area contributed by atoms with Crippen LogP contribution < -0.4 is 10.1 Å². The Kier molecular flexibility index (Phi) is 4.63. The van der Waals surface area contributed by atoms with Gasteiger partial charge in [0.1, 0.15) is 11.5 Å². The number of carbonyl (C=O) groups excluding carboxylic acids is 1. The van der Waals surface area contributed by atoms with Crippen LogP contribution in [0.2, 0.25) is 0 Å². The summed E-state index contributed by atoms with van der Waals surface area (Å²) in [5.74, 6) is -1.20. The number of hydrogen-bond acceptors (Lipinski definition) is 4. The molecule has 0 bridgehead atoms. The average molecular weight is 301 g/mol. The van der Waals surface area contributed by atoms with Gasteiger partial charge in [-0.1, -0.05) is 12.1 Å². The predicted molar refractivity (Wildman–Crippen MR) is 79.2 cm³/mol. The van der Waals surface area contributed by atoms with Crippen molar-refractivity contribution >= 4 is 11.9 Å². The van der Waals surface area contributed by atoms with Gasteiger partial charge in [0.05, 0.1) is 18.2 Å². The topological polar surface area (TPSA) is 95.9 Å². The number of carbonyl (C=O) groups is 2. The molecule has 114 valence electrons. The van der Waals surface area contributed by atoms with Gasteiger partial charge in [0, 0.05) is 6.54 Å².